The summed E-state index contributed by atoms with van der Waals surface area (Å²) in [7, 11) is 0. The highest BCUT2D eigenvalue weighted by Crippen LogP contribution is 2.37. The van der Waals surface area contributed by atoms with Gasteiger partial charge in [0, 0.05) is 29.8 Å². The van der Waals surface area contributed by atoms with Crippen LogP contribution in [-0.2, 0) is 0 Å². The molecule has 1 aromatic carbocycles. The normalized spacial score (nSPS) is 26.8. The fourth-order valence-electron chi connectivity index (χ4n) is 3.25. The number of hydrogen-bond donors (Lipinski definition) is 1. The van der Waals surface area contributed by atoms with Crippen LogP contribution < -0.4 is 10.6 Å². The van der Waals surface area contributed by atoms with Gasteiger partial charge in [0.1, 0.15) is 0 Å². The van der Waals surface area contributed by atoms with Crippen LogP contribution in [0, 0.1) is 0 Å². The average Bonchev–Trinajstić information content (AvgIpc) is 2.97. The van der Waals surface area contributed by atoms with Crippen molar-refractivity contribution in [2.24, 2.45) is 10.7 Å². The number of anilines is 1. The number of hydrogen-bond acceptors (Lipinski definition) is 4. The third kappa shape index (κ3) is 2.17. The summed E-state index contributed by atoms with van der Waals surface area (Å²) in [5.41, 5.74) is 7.25. The number of rotatable bonds is 2. The highest BCUT2D eigenvalue weighted by molar-refractivity contribution is 6.30. The molecular formula is C15H21ClN4. The molecule has 2 aliphatic rings. The maximum Gasteiger partial charge on any atom is 0.196 e. The number of aliphatic imine (C=N–C) groups is 1. The third-order valence-electron chi connectivity index (χ3n) is 4.42. The Morgan fingerprint density at radius 1 is 1.30 bits per heavy atom. The number of likely N-dealkylation sites (tertiary alicyclic amines) is 1. The van der Waals surface area contributed by atoms with Crippen molar-refractivity contribution >= 4 is 23.2 Å². The van der Waals surface area contributed by atoms with Gasteiger partial charge < -0.3 is 10.6 Å². The monoisotopic (exact) mass is 292 g/mol. The minimum Gasteiger partial charge on any atom is -0.369 e. The molecule has 0 aromatic heterocycles. The molecule has 2 heterocycles. The molecule has 0 amide bonds. The predicted molar refractivity (Wildman–Crippen MR) is 84.5 cm³/mol. The standard InChI is InChI=1S/C15H21ClN4/c1-11(2)19-8-7-15(10-19)9-18-14(17)20(15)13-5-3-12(16)4-6-13/h3-6,11H,7-10H2,1-2H3,(H2,17,18). The molecule has 2 N–H and O–H groups in total. The van der Waals surface area contributed by atoms with Gasteiger partial charge in [-0.25, -0.2) is 0 Å². The molecule has 0 saturated carbocycles. The Balaban J connectivity index is 1.91. The predicted octanol–water partition coefficient (Wildman–Crippen LogP) is 2.33. The van der Waals surface area contributed by atoms with Gasteiger partial charge in [-0.2, -0.15) is 0 Å². The molecule has 4 nitrogen and oxygen atoms in total. The van der Waals surface area contributed by atoms with Gasteiger partial charge in [-0.1, -0.05) is 11.6 Å². The lowest BCUT2D eigenvalue weighted by Gasteiger charge is -2.36. The highest BCUT2D eigenvalue weighted by atomic mass is 35.5. The van der Waals surface area contributed by atoms with Gasteiger partial charge in [0.05, 0.1) is 12.1 Å². The van der Waals surface area contributed by atoms with Crippen LogP contribution in [0.1, 0.15) is 20.3 Å². The van der Waals surface area contributed by atoms with Crippen molar-refractivity contribution in [3.05, 3.63) is 29.3 Å². The van der Waals surface area contributed by atoms with E-state index in [4.69, 9.17) is 17.3 Å². The second kappa shape index (κ2) is 4.93. The molecule has 3 rings (SSSR count). The first kappa shape index (κ1) is 13.7. The maximum absolute atomic E-state index is 6.15. The molecule has 1 fully saturated rings. The van der Waals surface area contributed by atoms with Crippen molar-refractivity contribution in [2.45, 2.75) is 31.8 Å². The number of benzene rings is 1. The van der Waals surface area contributed by atoms with Crippen molar-refractivity contribution in [3.63, 3.8) is 0 Å². The molecule has 2 aliphatic heterocycles. The Kier molecular flexibility index (Phi) is 3.38. The van der Waals surface area contributed by atoms with Crippen molar-refractivity contribution in [2.75, 3.05) is 24.5 Å². The molecular weight excluding hydrogens is 272 g/mol. The first-order valence-electron chi connectivity index (χ1n) is 7.12. The van der Waals surface area contributed by atoms with Crippen LogP contribution in [0.25, 0.3) is 0 Å². The molecule has 108 valence electrons. The van der Waals surface area contributed by atoms with Crippen LogP contribution >= 0.6 is 11.6 Å². The Morgan fingerprint density at radius 3 is 2.60 bits per heavy atom. The Bertz CT molecular complexity index is 525. The SMILES string of the molecule is CC(C)N1CCC2(CN=C(N)N2c2ccc(Cl)cc2)C1. The van der Waals surface area contributed by atoms with E-state index >= 15 is 0 Å². The van der Waals surface area contributed by atoms with E-state index < -0.39 is 0 Å². The number of nitrogens with two attached hydrogens (primary N) is 1. The van der Waals surface area contributed by atoms with E-state index in [1.807, 2.05) is 24.3 Å². The second-order valence-electron chi connectivity index (χ2n) is 6.02. The van der Waals surface area contributed by atoms with E-state index in [1.165, 1.54) is 0 Å². The fraction of sp³-hybridized carbons (Fsp3) is 0.533. The van der Waals surface area contributed by atoms with Crippen LogP contribution in [0.2, 0.25) is 5.02 Å². The Hall–Kier alpha value is -1.26. The molecule has 5 heteroatoms. The topological polar surface area (TPSA) is 44.9 Å². The van der Waals surface area contributed by atoms with Gasteiger partial charge in [-0.15, -0.1) is 0 Å². The van der Waals surface area contributed by atoms with E-state index in [0.29, 0.717) is 12.0 Å². The summed E-state index contributed by atoms with van der Waals surface area (Å²) < 4.78 is 0. The first-order chi connectivity index (χ1) is 9.52. The molecule has 1 atom stereocenters. The molecule has 0 aliphatic carbocycles. The number of nitrogens with zero attached hydrogens (tertiary/aromatic N) is 3. The largest absolute Gasteiger partial charge is 0.369 e. The number of halogens is 1. The summed E-state index contributed by atoms with van der Waals surface area (Å²) in [6.45, 7) is 7.38. The summed E-state index contributed by atoms with van der Waals surface area (Å²) in [6, 6.07) is 8.42. The van der Waals surface area contributed by atoms with E-state index in [0.717, 1.165) is 36.8 Å². The van der Waals surface area contributed by atoms with Crippen LogP contribution in [0.4, 0.5) is 5.69 Å². The van der Waals surface area contributed by atoms with Crippen molar-refractivity contribution in [1.82, 2.24) is 4.90 Å². The zero-order chi connectivity index (χ0) is 14.3. The van der Waals surface area contributed by atoms with Crippen LogP contribution in [0.15, 0.2) is 29.3 Å². The minimum absolute atomic E-state index is 0.0161. The fourth-order valence-corrected chi connectivity index (χ4v) is 3.38. The molecule has 1 spiro atoms. The summed E-state index contributed by atoms with van der Waals surface area (Å²) in [5.74, 6) is 0.623. The lowest BCUT2D eigenvalue weighted by molar-refractivity contribution is 0.260. The summed E-state index contributed by atoms with van der Waals surface area (Å²) in [4.78, 5) is 9.20. The lowest BCUT2D eigenvalue weighted by Crippen LogP contribution is -2.54. The Labute approximate surface area is 125 Å². The quantitative estimate of drug-likeness (QED) is 0.910. The summed E-state index contributed by atoms with van der Waals surface area (Å²) in [5, 5.41) is 0.743. The van der Waals surface area contributed by atoms with E-state index in [2.05, 4.69) is 28.6 Å². The third-order valence-corrected chi connectivity index (χ3v) is 4.67. The van der Waals surface area contributed by atoms with Crippen molar-refractivity contribution in [3.8, 4) is 0 Å². The van der Waals surface area contributed by atoms with Crippen LogP contribution in [-0.4, -0.2) is 42.1 Å². The second-order valence-corrected chi connectivity index (χ2v) is 6.46. The lowest BCUT2D eigenvalue weighted by atomic mass is 9.97. The van der Waals surface area contributed by atoms with Crippen molar-refractivity contribution < 1.29 is 0 Å². The van der Waals surface area contributed by atoms with Gasteiger partial charge in [-0.3, -0.25) is 9.89 Å². The Morgan fingerprint density at radius 2 is 2.00 bits per heavy atom. The smallest absolute Gasteiger partial charge is 0.196 e. The maximum atomic E-state index is 6.15. The van der Waals surface area contributed by atoms with Crippen molar-refractivity contribution in [1.29, 1.82) is 0 Å². The summed E-state index contributed by atoms with van der Waals surface area (Å²) in [6.07, 6.45) is 1.10. The van der Waals surface area contributed by atoms with Crippen LogP contribution in [0.5, 0.6) is 0 Å². The molecule has 0 bridgehead atoms. The first-order valence-corrected chi connectivity index (χ1v) is 7.49. The van der Waals surface area contributed by atoms with Crippen LogP contribution in [0.3, 0.4) is 0 Å². The zero-order valence-electron chi connectivity index (χ0n) is 12.0. The molecule has 1 saturated heterocycles. The van der Waals surface area contributed by atoms with Gasteiger partial charge >= 0.3 is 0 Å². The van der Waals surface area contributed by atoms with Gasteiger partial charge in [-0.05, 0) is 44.5 Å². The van der Waals surface area contributed by atoms with E-state index in [9.17, 15) is 0 Å². The summed E-state index contributed by atoms with van der Waals surface area (Å²) >= 11 is 5.98. The average molecular weight is 293 g/mol. The van der Waals surface area contributed by atoms with Gasteiger partial charge in [0.15, 0.2) is 5.96 Å². The van der Waals surface area contributed by atoms with E-state index in [-0.39, 0.29) is 5.54 Å². The molecule has 0 radical (unpaired) electrons. The van der Waals surface area contributed by atoms with Gasteiger partial charge in [0.2, 0.25) is 0 Å². The highest BCUT2D eigenvalue weighted by Gasteiger charge is 2.48. The van der Waals surface area contributed by atoms with Gasteiger partial charge in [0.25, 0.3) is 0 Å². The number of guanidine groups is 1. The molecule has 20 heavy (non-hydrogen) atoms. The molecule has 1 unspecified atom stereocenters. The van der Waals surface area contributed by atoms with E-state index in [1.54, 1.807) is 0 Å². The molecule has 1 aromatic rings. The minimum atomic E-state index is 0.0161. The zero-order valence-corrected chi connectivity index (χ0v) is 12.8.